The quantitative estimate of drug-likeness (QED) is 0.462. The molecule has 33 heavy (non-hydrogen) atoms. The van der Waals surface area contributed by atoms with Gasteiger partial charge in [-0.2, -0.15) is 5.10 Å². The van der Waals surface area contributed by atoms with Crippen LogP contribution < -0.4 is 10.6 Å². The molecule has 0 aliphatic carbocycles. The van der Waals surface area contributed by atoms with Crippen LogP contribution in [0.2, 0.25) is 0 Å². The number of carbonyl (C=O) groups excluding carboxylic acids is 1. The van der Waals surface area contributed by atoms with Gasteiger partial charge in [0, 0.05) is 24.4 Å². The average Bonchev–Trinajstić information content (AvgIpc) is 3.04. The Labute approximate surface area is 190 Å². The summed E-state index contributed by atoms with van der Waals surface area (Å²) in [4.78, 5) is 16.6. The first kappa shape index (κ1) is 22.4. The second kappa shape index (κ2) is 8.28. The lowest BCUT2D eigenvalue weighted by molar-refractivity contribution is 0.262. The molecule has 0 fully saturated rings. The summed E-state index contributed by atoms with van der Waals surface area (Å²) in [6.45, 7) is 3.63. The number of aryl methyl sites for hydroxylation is 3. The summed E-state index contributed by atoms with van der Waals surface area (Å²) < 4.78 is 39.8. The normalized spacial score (nSPS) is 11.5. The number of halogens is 1. The maximum atomic E-state index is 13.9. The topological polar surface area (TPSA) is 106 Å². The largest absolute Gasteiger partial charge is 0.323 e. The number of amides is 2. The number of nitrogens with one attached hydrogen (secondary N) is 2. The van der Waals surface area contributed by atoms with Gasteiger partial charge in [-0.05, 0) is 60.9 Å². The molecule has 2 aromatic heterocycles. The molecule has 0 bridgehead atoms. The van der Waals surface area contributed by atoms with Crippen LogP contribution in [0.4, 0.5) is 20.6 Å². The zero-order valence-electron chi connectivity index (χ0n) is 18.5. The van der Waals surface area contributed by atoms with E-state index < -0.39 is 21.7 Å². The number of urea groups is 1. The highest BCUT2D eigenvalue weighted by molar-refractivity contribution is 7.90. The van der Waals surface area contributed by atoms with Gasteiger partial charge in [0.15, 0.2) is 20.5 Å². The predicted molar refractivity (Wildman–Crippen MR) is 126 cm³/mol. The number of aromatic nitrogens is 3. The molecule has 4 rings (SSSR count). The molecule has 8 nitrogen and oxygen atoms in total. The van der Waals surface area contributed by atoms with E-state index in [1.807, 2.05) is 6.92 Å². The van der Waals surface area contributed by atoms with Crippen LogP contribution in [0.1, 0.15) is 11.3 Å². The Morgan fingerprint density at radius 2 is 1.73 bits per heavy atom. The van der Waals surface area contributed by atoms with Crippen molar-refractivity contribution in [3.8, 4) is 11.1 Å². The van der Waals surface area contributed by atoms with Gasteiger partial charge in [0.1, 0.15) is 5.82 Å². The van der Waals surface area contributed by atoms with E-state index in [0.717, 1.165) is 28.5 Å². The van der Waals surface area contributed by atoms with Gasteiger partial charge in [-0.15, -0.1) is 0 Å². The first-order valence-corrected chi connectivity index (χ1v) is 11.9. The first-order valence-electron chi connectivity index (χ1n) is 10.0. The molecule has 0 saturated carbocycles. The predicted octanol–water partition coefficient (Wildman–Crippen LogP) is 4.44. The Kier molecular flexibility index (Phi) is 5.62. The van der Waals surface area contributed by atoms with E-state index in [2.05, 4.69) is 20.7 Å². The summed E-state index contributed by atoms with van der Waals surface area (Å²) >= 11 is 0. The van der Waals surface area contributed by atoms with Crippen molar-refractivity contribution in [3.63, 3.8) is 0 Å². The summed E-state index contributed by atoms with van der Waals surface area (Å²) in [7, 11) is -1.83. The van der Waals surface area contributed by atoms with Crippen LogP contribution in [0, 0.1) is 19.7 Å². The maximum absolute atomic E-state index is 13.9. The number of hydrogen-bond acceptors (Lipinski definition) is 5. The van der Waals surface area contributed by atoms with Crippen LogP contribution in [0.3, 0.4) is 0 Å². The van der Waals surface area contributed by atoms with E-state index in [9.17, 15) is 17.6 Å². The number of benzene rings is 2. The molecule has 2 amide bonds. The van der Waals surface area contributed by atoms with E-state index >= 15 is 0 Å². The van der Waals surface area contributed by atoms with E-state index in [4.69, 9.17) is 0 Å². The molecule has 0 radical (unpaired) electrons. The third-order valence-electron chi connectivity index (χ3n) is 5.15. The molecule has 170 valence electrons. The zero-order valence-corrected chi connectivity index (χ0v) is 19.3. The van der Waals surface area contributed by atoms with Crippen molar-refractivity contribution in [3.05, 3.63) is 65.6 Å². The molecule has 0 aliphatic heterocycles. The highest BCUT2D eigenvalue weighted by atomic mass is 32.2. The molecule has 0 unspecified atom stereocenters. The minimum atomic E-state index is -3.54. The van der Waals surface area contributed by atoms with E-state index in [1.165, 1.54) is 12.1 Å². The number of anilines is 2. The Morgan fingerprint density at radius 3 is 2.39 bits per heavy atom. The van der Waals surface area contributed by atoms with Gasteiger partial charge in [0.05, 0.1) is 11.4 Å². The molecule has 2 heterocycles. The molecule has 4 aromatic rings. The van der Waals surface area contributed by atoms with Gasteiger partial charge in [-0.1, -0.05) is 18.2 Å². The fourth-order valence-electron chi connectivity index (χ4n) is 3.59. The molecule has 0 saturated heterocycles. The molecule has 0 atom stereocenters. The van der Waals surface area contributed by atoms with Crippen molar-refractivity contribution < 1.29 is 17.6 Å². The van der Waals surface area contributed by atoms with Crippen LogP contribution in [0.15, 0.2) is 53.6 Å². The standard InChI is InChI=1S/C23H22FN5O3S/c1-13-5-10-18(24)19(11-13)26-23(30)25-16-8-6-15(7-9-16)17-12-20(33(4,31)32)27-22-21(17)14(2)28-29(22)3/h5-12H,1-4H3,(H2,25,26,30). The molecule has 10 heteroatoms. The highest BCUT2D eigenvalue weighted by Gasteiger charge is 2.19. The number of rotatable bonds is 4. The lowest BCUT2D eigenvalue weighted by atomic mass is 10.0. The number of carbonyl (C=O) groups is 1. The minimum Gasteiger partial charge on any atom is -0.308 e. The Balaban J connectivity index is 1.64. The third kappa shape index (κ3) is 4.56. The second-order valence-electron chi connectivity index (χ2n) is 7.83. The van der Waals surface area contributed by atoms with Crippen molar-refractivity contribution in [1.82, 2.24) is 14.8 Å². The van der Waals surface area contributed by atoms with E-state index in [1.54, 1.807) is 55.1 Å². The number of nitrogens with zero attached hydrogens (tertiary/aromatic N) is 3. The fourth-order valence-corrected chi connectivity index (χ4v) is 4.18. The molecule has 0 aliphatic rings. The van der Waals surface area contributed by atoms with Crippen LogP contribution in [-0.2, 0) is 16.9 Å². The summed E-state index contributed by atoms with van der Waals surface area (Å²) in [5.41, 5.74) is 3.98. The second-order valence-corrected chi connectivity index (χ2v) is 9.79. The van der Waals surface area contributed by atoms with Crippen LogP contribution >= 0.6 is 0 Å². The van der Waals surface area contributed by atoms with Crippen molar-refractivity contribution in [1.29, 1.82) is 0 Å². The highest BCUT2D eigenvalue weighted by Crippen LogP contribution is 2.32. The number of fused-ring (bicyclic) bond motifs is 1. The van der Waals surface area contributed by atoms with Crippen molar-refractivity contribution >= 4 is 38.3 Å². The SMILES string of the molecule is Cc1ccc(F)c(NC(=O)Nc2ccc(-c3cc(S(C)(=O)=O)nc4c3c(C)nn4C)cc2)c1. The maximum Gasteiger partial charge on any atom is 0.323 e. The molecular formula is C23H22FN5O3S. The smallest absolute Gasteiger partial charge is 0.308 e. The molecule has 0 spiro atoms. The minimum absolute atomic E-state index is 0.0465. The van der Waals surface area contributed by atoms with Crippen LogP contribution in [0.25, 0.3) is 22.2 Å². The first-order chi connectivity index (χ1) is 15.5. The monoisotopic (exact) mass is 467 g/mol. The van der Waals surface area contributed by atoms with Gasteiger partial charge < -0.3 is 10.6 Å². The summed E-state index contributed by atoms with van der Waals surface area (Å²) in [5, 5.41) is 10.2. The van der Waals surface area contributed by atoms with Crippen LogP contribution in [0.5, 0.6) is 0 Å². The Bertz CT molecular complexity index is 1500. The van der Waals surface area contributed by atoms with E-state index in [0.29, 0.717) is 16.9 Å². The van der Waals surface area contributed by atoms with Crippen molar-refractivity contribution in [2.75, 3.05) is 16.9 Å². The molecular weight excluding hydrogens is 445 g/mol. The van der Waals surface area contributed by atoms with E-state index in [-0.39, 0.29) is 10.7 Å². The van der Waals surface area contributed by atoms with Gasteiger partial charge >= 0.3 is 6.03 Å². The van der Waals surface area contributed by atoms with Gasteiger partial charge in [-0.3, -0.25) is 4.68 Å². The molecule has 2 aromatic carbocycles. The fraction of sp³-hybridized carbons (Fsp3) is 0.174. The number of sulfone groups is 1. The number of pyridine rings is 1. The van der Waals surface area contributed by atoms with Crippen molar-refractivity contribution in [2.24, 2.45) is 7.05 Å². The van der Waals surface area contributed by atoms with Crippen molar-refractivity contribution in [2.45, 2.75) is 18.9 Å². The molecule has 2 N–H and O–H groups in total. The summed E-state index contributed by atoms with van der Waals surface area (Å²) in [6.07, 6.45) is 1.11. The zero-order chi connectivity index (χ0) is 23.9. The number of hydrogen-bond donors (Lipinski definition) is 2. The Hall–Kier alpha value is -3.79. The summed E-state index contributed by atoms with van der Waals surface area (Å²) in [5.74, 6) is -0.527. The van der Waals surface area contributed by atoms with Gasteiger partial charge in [-0.25, -0.2) is 22.6 Å². The summed E-state index contributed by atoms with van der Waals surface area (Å²) in [6, 6.07) is 12.3. The average molecular weight is 468 g/mol. The lowest BCUT2D eigenvalue weighted by Crippen LogP contribution is -2.20. The van der Waals surface area contributed by atoms with Gasteiger partial charge in [0.2, 0.25) is 0 Å². The third-order valence-corrected chi connectivity index (χ3v) is 6.12. The Morgan fingerprint density at radius 1 is 1.03 bits per heavy atom. The van der Waals surface area contributed by atoms with Crippen LogP contribution in [-0.4, -0.2) is 35.5 Å². The lowest BCUT2D eigenvalue weighted by Gasteiger charge is -2.11. The van der Waals surface area contributed by atoms with Gasteiger partial charge in [0.25, 0.3) is 0 Å².